The normalized spacial score (nSPS) is 13.0. The zero-order chi connectivity index (χ0) is 24.1. The Balaban J connectivity index is 1.33. The molecule has 3 aromatic rings. The van der Waals surface area contributed by atoms with Gasteiger partial charge in [-0.1, -0.05) is 36.4 Å². The highest BCUT2D eigenvalue weighted by atomic mass is 32.2. The number of sulfonamides is 1. The van der Waals surface area contributed by atoms with Crippen molar-refractivity contribution in [1.29, 1.82) is 0 Å². The second-order valence-electron chi connectivity index (χ2n) is 7.52. The number of anilines is 2. The van der Waals surface area contributed by atoms with Crippen molar-refractivity contribution in [2.75, 3.05) is 22.8 Å². The molecule has 0 saturated carbocycles. The Bertz CT molecular complexity index is 1350. The van der Waals surface area contributed by atoms with Crippen LogP contribution in [0.5, 0.6) is 0 Å². The lowest BCUT2D eigenvalue weighted by Gasteiger charge is -2.19. The Morgan fingerprint density at radius 2 is 1.79 bits per heavy atom. The Kier molecular flexibility index (Phi) is 6.74. The molecule has 1 heterocycles. The van der Waals surface area contributed by atoms with Crippen LogP contribution in [0.4, 0.5) is 15.8 Å². The molecule has 0 radical (unpaired) electrons. The second kappa shape index (κ2) is 9.88. The second-order valence-corrected chi connectivity index (χ2v) is 9.39. The first kappa shape index (κ1) is 23.2. The molecule has 174 valence electrons. The van der Waals surface area contributed by atoms with Crippen LogP contribution in [-0.2, 0) is 30.8 Å². The molecule has 34 heavy (non-hydrogen) atoms. The number of para-hydroxylation sites is 1. The van der Waals surface area contributed by atoms with Gasteiger partial charge in [0.2, 0.25) is 0 Å². The van der Waals surface area contributed by atoms with Gasteiger partial charge in [0.25, 0.3) is 15.9 Å². The van der Waals surface area contributed by atoms with Crippen LogP contribution in [0, 0.1) is 5.82 Å². The van der Waals surface area contributed by atoms with Crippen molar-refractivity contribution < 1.29 is 27.1 Å². The molecule has 3 aromatic carbocycles. The Labute approximate surface area is 196 Å². The molecule has 1 amide bonds. The van der Waals surface area contributed by atoms with E-state index >= 15 is 0 Å². The Morgan fingerprint density at radius 3 is 2.56 bits per heavy atom. The molecule has 1 aliphatic heterocycles. The van der Waals surface area contributed by atoms with Crippen molar-refractivity contribution in [3.63, 3.8) is 0 Å². The quantitative estimate of drug-likeness (QED) is 0.411. The van der Waals surface area contributed by atoms with E-state index in [9.17, 15) is 22.4 Å². The van der Waals surface area contributed by atoms with E-state index in [0.717, 1.165) is 17.7 Å². The van der Waals surface area contributed by atoms with E-state index in [-0.39, 0.29) is 10.6 Å². The van der Waals surface area contributed by atoms with Gasteiger partial charge in [-0.2, -0.15) is 0 Å². The lowest BCUT2D eigenvalue weighted by atomic mass is 10.2. The highest BCUT2D eigenvalue weighted by Crippen LogP contribution is 2.32. The third kappa shape index (κ3) is 5.32. The summed E-state index contributed by atoms with van der Waals surface area (Å²) >= 11 is 0. The summed E-state index contributed by atoms with van der Waals surface area (Å²) in [4.78, 5) is 23.9. The average molecular weight is 481 g/mol. The zero-order valence-electron chi connectivity index (χ0n) is 18.0. The van der Waals surface area contributed by atoms with E-state index in [2.05, 4.69) is 5.32 Å². The molecule has 1 N–H and O–H groups in total. The van der Waals surface area contributed by atoms with E-state index in [0.29, 0.717) is 24.2 Å². The number of rotatable bonds is 7. The van der Waals surface area contributed by atoms with E-state index in [1.54, 1.807) is 18.2 Å². The van der Waals surface area contributed by atoms with Crippen molar-refractivity contribution >= 4 is 39.4 Å². The first-order valence-electron chi connectivity index (χ1n) is 10.4. The monoisotopic (exact) mass is 480 g/mol. The standard InChI is InChI=1S/C25H21FN2O5S/c26-20-5-3-6-21(16-20)27-24(29)17-33-25(30)13-10-18-8-11-22(12-9-18)34(31,32)28-15-14-19-4-1-2-7-23(19)28/h1-13,16H,14-15,17H2,(H,27,29)/b13-10+. The van der Waals surface area contributed by atoms with Crippen molar-refractivity contribution in [1.82, 2.24) is 0 Å². The number of hydrogen-bond donors (Lipinski definition) is 1. The van der Waals surface area contributed by atoms with E-state index in [1.807, 2.05) is 18.2 Å². The summed E-state index contributed by atoms with van der Waals surface area (Å²) in [5.41, 5.74) is 2.52. The third-order valence-corrected chi connectivity index (χ3v) is 7.01. The third-order valence-electron chi connectivity index (χ3n) is 5.18. The summed E-state index contributed by atoms with van der Waals surface area (Å²) in [6.45, 7) is -0.143. The van der Waals surface area contributed by atoms with Crippen molar-refractivity contribution in [3.05, 3.63) is 95.8 Å². The number of carbonyl (C=O) groups is 2. The lowest BCUT2D eigenvalue weighted by molar-refractivity contribution is -0.142. The van der Waals surface area contributed by atoms with Crippen molar-refractivity contribution in [2.24, 2.45) is 0 Å². The number of esters is 1. The van der Waals surface area contributed by atoms with Crippen molar-refractivity contribution in [3.8, 4) is 0 Å². The predicted molar refractivity (Wildman–Crippen MR) is 126 cm³/mol. The van der Waals surface area contributed by atoms with E-state index in [1.165, 1.54) is 40.7 Å². The number of nitrogens with one attached hydrogen (secondary N) is 1. The highest BCUT2D eigenvalue weighted by molar-refractivity contribution is 7.92. The molecule has 4 rings (SSSR count). The molecule has 0 spiro atoms. The first-order valence-corrected chi connectivity index (χ1v) is 11.9. The molecule has 0 bridgehead atoms. The fraction of sp³-hybridized carbons (Fsp3) is 0.120. The summed E-state index contributed by atoms with van der Waals surface area (Å²) in [5.74, 6) is -1.85. The van der Waals surface area contributed by atoms with Crippen LogP contribution in [-0.4, -0.2) is 33.4 Å². The van der Waals surface area contributed by atoms with Gasteiger partial charge in [0.15, 0.2) is 6.61 Å². The molecule has 0 fully saturated rings. The van der Waals surface area contributed by atoms with Gasteiger partial charge in [-0.25, -0.2) is 17.6 Å². The molecule has 7 nitrogen and oxygen atoms in total. The smallest absolute Gasteiger partial charge is 0.331 e. The minimum atomic E-state index is -3.70. The molecular weight excluding hydrogens is 459 g/mol. The van der Waals surface area contributed by atoms with Gasteiger partial charge in [0.1, 0.15) is 5.82 Å². The maximum atomic E-state index is 13.1. The number of benzene rings is 3. The maximum absolute atomic E-state index is 13.1. The number of carbonyl (C=O) groups excluding carboxylic acids is 2. The summed E-state index contributed by atoms with van der Waals surface area (Å²) in [6.07, 6.45) is 3.25. The van der Waals surface area contributed by atoms with Crippen LogP contribution in [0.3, 0.4) is 0 Å². The molecule has 0 aliphatic carbocycles. The van der Waals surface area contributed by atoms with E-state index in [4.69, 9.17) is 4.74 Å². The molecule has 0 saturated heterocycles. The summed E-state index contributed by atoms with van der Waals surface area (Å²) in [5, 5.41) is 2.42. The van der Waals surface area contributed by atoms with Gasteiger partial charge in [0, 0.05) is 18.3 Å². The average Bonchev–Trinajstić information content (AvgIpc) is 3.27. The zero-order valence-corrected chi connectivity index (χ0v) is 18.8. The fourth-order valence-corrected chi connectivity index (χ4v) is 5.05. The summed E-state index contributed by atoms with van der Waals surface area (Å²) in [7, 11) is -3.70. The van der Waals surface area contributed by atoms with Crippen LogP contribution >= 0.6 is 0 Å². The highest BCUT2D eigenvalue weighted by Gasteiger charge is 2.30. The van der Waals surface area contributed by atoms with Crippen LogP contribution in [0.25, 0.3) is 6.08 Å². The van der Waals surface area contributed by atoms with Gasteiger partial charge in [-0.3, -0.25) is 9.10 Å². The SMILES string of the molecule is O=C(COC(=O)/C=C/c1ccc(S(=O)(=O)N2CCc3ccccc32)cc1)Nc1cccc(F)c1. The van der Waals surface area contributed by atoms with Gasteiger partial charge in [-0.05, 0) is 60.0 Å². The molecule has 1 aliphatic rings. The minimum Gasteiger partial charge on any atom is -0.452 e. The number of ether oxygens (including phenoxy) is 1. The number of amides is 1. The molecule has 0 atom stereocenters. The van der Waals surface area contributed by atoms with Gasteiger partial charge in [-0.15, -0.1) is 0 Å². The summed E-state index contributed by atoms with van der Waals surface area (Å²) < 4.78 is 45.5. The molecular formula is C25H21FN2O5S. The van der Waals surface area contributed by atoms with E-state index < -0.39 is 34.3 Å². The summed E-state index contributed by atoms with van der Waals surface area (Å²) in [6, 6.07) is 18.9. The first-order chi connectivity index (χ1) is 16.3. The van der Waals surface area contributed by atoms with Crippen LogP contribution < -0.4 is 9.62 Å². The van der Waals surface area contributed by atoms with Crippen LogP contribution in [0.1, 0.15) is 11.1 Å². The molecule has 0 unspecified atom stereocenters. The minimum absolute atomic E-state index is 0.151. The van der Waals surface area contributed by atoms with Crippen LogP contribution in [0.2, 0.25) is 0 Å². The lowest BCUT2D eigenvalue weighted by Crippen LogP contribution is -2.29. The van der Waals surface area contributed by atoms with Gasteiger partial charge >= 0.3 is 5.97 Å². The van der Waals surface area contributed by atoms with Crippen molar-refractivity contribution in [2.45, 2.75) is 11.3 Å². The number of hydrogen-bond acceptors (Lipinski definition) is 5. The van der Waals surface area contributed by atoms with Crippen LogP contribution in [0.15, 0.2) is 83.8 Å². The Morgan fingerprint density at radius 1 is 1.03 bits per heavy atom. The Hall–Kier alpha value is -3.98. The number of halogens is 1. The number of fused-ring (bicyclic) bond motifs is 1. The molecule has 0 aromatic heterocycles. The topological polar surface area (TPSA) is 92.8 Å². The predicted octanol–water partition coefficient (Wildman–Crippen LogP) is 3.77. The fourth-order valence-electron chi connectivity index (χ4n) is 3.55. The molecule has 9 heteroatoms. The number of nitrogens with zero attached hydrogens (tertiary/aromatic N) is 1. The largest absolute Gasteiger partial charge is 0.452 e. The van der Waals surface area contributed by atoms with Gasteiger partial charge < -0.3 is 10.1 Å². The van der Waals surface area contributed by atoms with Gasteiger partial charge in [0.05, 0.1) is 10.6 Å². The maximum Gasteiger partial charge on any atom is 0.331 e.